The summed E-state index contributed by atoms with van der Waals surface area (Å²) in [5.41, 5.74) is 0.925. The number of rotatable bonds is 2. The first-order chi connectivity index (χ1) is 6.75. The Labute approximate surface area is 91.3 Å². The van der Waals surface area contributed by atoms with E-state index in [1.54, 1.807) is 23.3 Å². The Morgan fingerprint density at radius 3 is 2.86 bits per heavy atom. The standard InChI is InChI=1S/C9H7Cl2N3/c10-8-4-13-14(6-8)5-7-2-1-3-12-9(7)11/h1-4,6H,5H2. The van der Waals surface area contributed by atoms with Crippen molar-refractivity contribution < 1.29 is 0 Å². The van der Waals surface area contributed by atoms with Gasteiger partial charge in [0.2, 0.25) is 0 Å². The topological polar surface area (TPSA) is 30.7 Å². The molecule has 0 radical (unpaired) electrons. The summed E-state index contributed by atoms with van der Waals surface area (Å²) in [6.07, 6.45) is 4.98. The van der Waals surface area contributed by atoms with Crippen LogP contribution in [0.2, 0.25) is 10.2 Å². The van der Waals surface area contributed by atoms with Crippen LogP contribution in [0.4, 0.5) is 0 Å². The minimum Gasteiger partial charge on any atom is -0.267 e. The molecule has 14 heavy (non-hydrogen) atoms. The maximum atomic E-state index is 5.90. The molecule has 2 aromatic heterocycles. The van der Waals surface area contributed by atoms with Crippen molar-refractivity contribution in [3.63, 3.8) is 0 Å². The summed E-state index contributed by atoms with van der Waals surface area (Å²) in [4.78, 5) is 3.97. The highest BCUT2D eigenvalue weighted by molar-refractivity contribution is 6.30. The van der Waals surface area contributed by atoms with E-state index in [1.165, 1.54) is 0 Å². The van der Waals surface area contributed by atoms with Crippen molar-refractivity contribution >= 4 is 23.2 Å². The second-order valence-corrected chi connectivity index (χ2v) is 3.60. The maximum absolute atomic E-state index is 5.90. The summed E-state index contributed by atoms with van der Waals surface area (Å²) in [5.74, 6) is 0. The second kappa shape index (κ2) is 3.98. The van der Waals surface area contributed by atoms with E-state index in [-0.39, 0.29) is 0 Å². The van der Waals surface area contributed by atoms with Crippen LogP contribution in [0.1, 0.15) is 5.56 Å². The van der Waals surface area contributed by atoms with Gasteiger partial charge in [-0.2, -0.15) is 5.10 Å². The van der Waals surface area contributed by atoms with E-state index in [1.807, 2.05) is 12.1 Å². The van der Waals surface area contributed by atoms with Gasteiger partial charge in [0.1, 0.15) is 5.15 Å². The first-order valence-corrected chi connectivity index (χ1v) is 4.78. The summed E-state index contributed by atoms with van der Waals surface area (Å²) in [6, 6.07) is 3.75. The van der Waals surface area contributed by atoms with Crippen LogP contribution >= 0.6 is 23.2 Å². The molecule has 5 heteroatoms. The van der Waals surface area contributed by atoms with E-state index in [0.29, 0.717) is 16.7 Å². The lowest BCUT2D eigenvalue weighted by atomic mass is 10.3. The molecule has 0 unspecified atom stereocenters. The summed E-state index contributed by atoms with van der Waals surface area (Å²) in [6.45, 7) is 0.583. The molecule has 0 N–H and O–H groups in total. The summed E-state index contributed by atoms with van der Waals surface area (Å²) < 4.78 is 1.71. The minimum absolute atomic E-state index is 0.499. The maximum Gasteiger partial charge on any atom is 0.134 e. The van der Waals surface area contributed by atoms with Crippen LogP contribution in [0.15, 0.2) is 30.7 Å². The Hall–Kier alpha value is -1.06. The zero-order valence-electron chi connectivity index (χ0n) is 7.19. The fourth-order valence-electron chi connectivity index (χ4n) is 1.14. The van der Waals surface area contributed by atoms with E-state index in [9.17, 15) is 0 Å². The van der Waals surface area contributed by atoms with E-state index < -0.39 is 0 Å². The molecular formula is C9H7Cl2N3. The molecule has 0 atom stereocenters. The molecule has 0 saturated carbocycles. The molecule has 0 amide bonds. The molecule has 0 bridgehead atoms. The van der Waals surface area contributed by atoms with E-state index >= 15 is 0 Å². The van der Waals surface area contributed by atoms with Crippen LogP contribution in [0.5, 0.6) is 0 Å². The van der Waals surface area contributed by atoms with Gasteiger partial charge in [-0.3, -0.25) is 4.68 Å². The monoisotopic (exact) mass is 227 g/mol. The molecule has 0 spiro atoms. The third-order valence-corrected chi connectivity index (χ3v) is 2.31. The van der Waals surface area contributed by atoms with Gasteiger partial charge in [-0.15, -0.1) is 0 Å². The van der Waals surface area contributed by atoms with Crippen molar-refractivity contribution in [3.8, 4) is 0 Å². The van der Waals surface area contributed by atoms with Crippen molar-refractivity contribution in [2.24, 2.45) is 0 Å². The number of hydrogen-bond acceptors (Lipinski definition) is 2. The average molecular weight is 228 g/mol. The fourth-order valence-corrected chi connectivity index (χ4v) is 1.47. The van der Waals surface area contributed by atoms with E-state index in [4.69, 9.17) is 23.2 Å². The molecule has 0 aliphatic carbocycles. The summed E-state index contributed by atoms with van der Waals surface area (Å²) in [5, 5.41) is 5.17. The fraction of sp³-hybridized carbons (Fsp3) is 0.111. The zero-order chi connectivity index (χ0) is 9.97. The average Bonchev–Trinajstić information content (AvgIpc) is 2.56. The third-order valence-electron chi connectivity index (χ3n) is 1.77. The molecule has 2 heterocycles. The molecule has 0 saturated heterocycles. The molecule has 0 aliphatic heterocycles. The first kappa shape index (κ1) is 9.49. The van der Waals surface area contributed by atoms with Crippen molar-refractivity contribution in [2.75, 3.05) is 0 Å². The van der Waals surface area contributed by atoms with Crippen LogP contribution in [-0.2, 0) is 6.54 Å². The Bertz CT molecular complexity index is 439. The van der Waals surface area contributed by atoms with Crippen molar-refractivity contribution in [1.82, 2.24) is 14.8 Å². The quantitative estimate of drug-likeness (QED) is 0.739. The number of aromatic nitrogens is 3. The molecule has 0 fully saturated rings. The van der Waals surface area contributed by atoms with Gasteiger partial charge in [-0.25, -0.2) is 4.98 Å². The lowest BCUT2D eigenvalue weighted by Gasteiger charge is -2.02. The number of nitrogens with zero attached hydrogens (tertiary/aromatic N) is 3. The number of halogens is 2. The zero-order valence-corrected chi connectivity index (χ0v) is 8.70. The van der Waals surface area contributed by atoms with E-state index in [2.05, 4.69) is 10.1 Å². The highest BCUT2D eigenvalue weighted by Gasteiger charge is 2.02. The minimum atomic E-state index is 0.499. The van der Waals surface area contributed by atoms with Gasteiger partial charge < -0.3 is 0 Å². The summed E-state index contributed by atoms with van der Waals surface area (Å²) in [7, 11) is 0. The van der Waals surface area contributed by atoms with Crippen LogP contribution in [0.25, 0.3) is 0 Å². The lowest BCUT2D eigenvalue weighted by Crippen LogP contribution is -2.00. The molecule has 3 nitrogen and oxygen atoms in total. The molecule has 0 aliphatic rings. The molecular weight excluding hydrogens is 221 g/mol. The van der Waals surface area contributed by atoms with Gasteiger partial charge in [0.15, 0.2) is 0 Å². The molecule has 0 aromatic carbocycles. The van der Waals surface area contributed by atoms with Gasteiger partial charge in [-0.05, 0) is 6.07 Å². The second-order valence-electron chi connectivity index (χ2n) is 2.81. The Morgan fingerprint density at radius 1 is 1.36 bits per heavy atom. The van der Waals surface area contributed by atoms with Crippen LogP contribution < -0.4 is 0 Å². The Balaban J connectivity index is 2.23. The van der Waals surface area contributed by atoms with Crippen LogP contribution in [0.3, 0.4) is 0 Å². The van der Waals surface area contributed by atoms with Gasteiger partial charge >= 0.3 is 0 Å². The normalized spacial score (nSPS) is 10.4. The predicted octanol–water partition coefficient (Wildman–Crippen LogP) is 2.63. The third kappa shape index (κ3) is 2.05. The van der Waals surface area contributed by atoms with Crippen LogP contribution in [0, 0.1) is 0 Å². The lowest BCUT2D eigenvalue weighted by molar-refractivity contribution is 0.685. The van der Waals surface area contributed by atoms with Crippen molar-refractivity contribution in [1.29, 1.82) is 0 Å². The largest absolute Gasteiger partial charge is 0.267 e. The van der Waals surface area contributed by atoms with Crippen molar-refractivity contribution in [2.45, 2.75) is 6.54 Å². The predicted molar refractivity (Wildman–Crippen MR) is 55.6 cm³/mol. The SMILES string of the molecule is Clc1cnn(Cc2cccnc2Cl)c1. The number of hydrogen-bond donors (Lipinski definition) is 0. The van der Waals surface area contributed by atoms with Gasteiger partial charge in [0.25, 0.3) is 0 Å². The van der Waals surface area contributed by atoms with Crippen LogP contribution in [-0.4, -0.2) is 14.8 Å². The smallest absolute Gasteiger partial charge is 0.134 e. The first-order valence-electron chi connectivity index (χ1n) is 4.03. The molecule has 2 aromatic rings. The van der Waals surface area contributed by atoms with Gasteiger partial charge in [-0.1, -0.05) is 29.3 Å². The highest BCUT2D eigenvalue weighted by Crippen LogP contribution is 2.13. The van der Waals surface area contributed by atoms with Gasteiger partial charge in [0, 0.05) is 18.0 Å². The summed E-state index contributed by atoms with van der Waals surface area (Å²) >= 11 is 11.6. The van der Waals surface area contributed by atoms with Crippen molar-refractivity contribution in [3.05, 3.63) is 46.5 Å². The Morgan fingerprint density at radius 2 is 2.21 bits per heavy atom. The highest BCUT2D eigenvalue weighted by atomic mass is 35.5. The molecule has 2 rings (SSSR count). The van der Waals surface area contributed by atoms with E-state index in [0.717, 1.165) is 5.56 Å². The van der Waals surface area contributed by atoms with Gasteiger partial charge in [0.05, 0.1) is 17.8 Å². The molecule has 72 valence electrons. The Kier molecular flexibility index (Phi) is 2.70. The number of pyridine rings is 1.